The van der Waals surface area contributed by atoms with E-state index < -0.39 is 5.95 Å². The Bertz CT molecular complexity index is 785. The van der Waals surface area contributed by atoms with Gasteiger partial charge < -0.3 is 15.4 Å². The quantitative estimate of drug-likeness (QED) is 0.800. The first-order valence-corrected chi connectivity index (χ1v) is 9.65. The summed E-state index contributed by atoms with van der Waals surface area (Å²) in [6.45, 7) is 3.19. The number of aromatic nitrogens is 3. The first-order chi connectivity index (χ1) is 12.6. The van der Waals surface area contributed by atoms with E-state index >= 15 is 0 Å². The van der Waals surface area contributed by atoms with Crippen LogP contribution < -0.4 is 10.6 Å². The number of rotatable bonds is 3. The van der Waals surface area contributed by atoms with Crippen LogP contribution in [-0.2, 0) is 4.74 Å². The summed E-state index contributed by atoms with van der Waals surface area (Å²) in [5.74, 6) is 0.154. The fourth-order valence-corrected chi connectivity index (χ4v) is 4.45. The number of hydrogen-bond donors (Lipinski definition) is 1. The van der Waals surface area contributed by atoms with E-state index in [9.17, 15) is 4.39 Å². The third-order valence-corrected chi connectivity index (χ3v) is 6.65. The number of nitrogens with two attached hydrogens (primary N) is 1. The summed E-state index contributed by atoms with van der Waals surface area (Å²) in [6.07, 6.45) is 6.81. The predicted octanol–water partition coefficient (Wildman–Crippen LogP) is 2.76. The van der Waals surface area contributed by atoms with E-state index in [1.165, 1.54) is 18.0 Å². The number of nitrogens with zero attached hydrogens (tertiary/aromatic N) is 4. The Morgan fingerprint density at radius 1 is 1.27 bits per heavy atom. The van der Waals surface area contributed by atoms with Crippen LogP contribution in [0.4, 0.5) is 10.2 Å². The number of hydrogen-bond acceptors (Lipinski definition) is 7. The second-order valence-corrected chi connectivity index (χ2v) is 8.14. The van der Waals surface area contributed by atoms with Gasteiger partial charge in [-0.15, -0.1) is 0 Å². The van der Waals surface area contributed by atoms with Crippen molar-refractivity contribution < 1.29 is 9.13 Å². The predicted molar refractivity (Wildman–Crippen MR) is 98.0 cm³/mol. The average molecular weight is 396 g/mol. The molecule has 2 fully saturated rings. The zero-order valence-corrected chi connectivity index (χ0v) is 15.6. The van der Waals surface area contributed by atoms with E-state index in [0.717, 1.165) is 38.4 Å². The zero-order chi connectivity index (χ0) is 18.1. The molecule has 4 heterocycles. The van der Waals surface area contributed by atoms with Gasteiger partial charge in [0.15, 0.2) is 0 Å². The number of ether oxygens (including phenoxy) is 1. The second-order valence-electron chi connectivity index (χ2n) is 6.70. The van der Waals surface area contributed by atoms with Crippen LogP contribution in [0.1, 0.15) is 12.8 Å². The van der Waals surface area contributed by atoms with Gasteiger partial charge in [0.1, 0.15) is 15.9 Å². The van der Waals surface area contributed by atoms with Crippen LogP contribution in [0.5, 0.6) is 0 Å². The number of halogens is 2. The minimum atomic E-state index is -0.683. The SMILES string of the molecule is N[C@@H]1COCC12CCN(c1cnc(Sc3ccnc(F)c3Cl)cn1)CC2. The monoisotopic (exact) mass is 395 g/mol. The molecule has 2 saturated heterocycles. The van der Waals surface area contributed by atoms with Gasteiger partial charge >= 0.3 is 0 Å². The molecule has 6 nitrogen and oxygen atoms in total. The first kappa shape index (κ1) is 17.9. The lowest BCUT2D eigenvalue weighted by atomic mass is 9.75. The maximum absolute atomic E-state index is 13.4. The number of anilines is 1. The van der Waals surface area contributed by atoms with Crippen molar-refractivity contribution in [1.29, 1.82) is 0 Å². The summed E-state index contributed by atoms with van der Waals surface area (Å²) >= 11 is 7.19. The Balaban J connectivity index is 1.41. The molecule has 4 rings (SSSR count). The van der Waals surface area contributed by atoms with E-state index in [0.29, 0.717) is 16.5 Å². The summed E-state index contributed by atoms with van der Waals surface area (Å²) in [5.41, 5.74) is 6.34. The smallest absolute Gasteiger partial charge is 0.232 e. The summed E-state index contributed by atoms with van der Waals surface area (Å²) in [7, 11) is 0. The molecule has 2 aliphatic rings. The standard InChI is InChI=1S/C17H19ClFN5OS/c18-15-11(1-4-21-16(15)19)26-14-8-22-13(7-23-14)24-5-2-17(3-6-24)10-25-9-12(17)20/h1,4,7-8,12H,2-3,5-6,9-10,20H2/t12-/m1/s1. The van der Waals surface area contributed by atoms with Crippen LogP contribution in [0.3, 0.4) is 0 Å². The van der Waals surface area contributed by atoms with Gasteiger partial charge in [-0.1, -0.05) is 23.4 Å². The molecule has 2 aliphatic heterocycles. The Hall–Kier alpha value is -1.48. The van der Waals surface area contributed by atoms with Crippen molar-refractivity contribution in [2.45, 2.75) is 28.8 Å². The molecule has 2 N–H and O–H groups in total. The normalized spacial score (nSPS) is 22.1. The molecule has 138 valence electrons. The third kappa shape index (κ3) is 3.38. The molecule has 0 amide bonds. The van der Waals surface area contributed by atoms with Crippen LogP contribution in [-0.4, -0.2) is 47.3 Å². The minimum Gasteiger partial charge on any atom is -0.379 e. The molecule has 0 saturated carbocycles. The maximum Gasteiger partial charge on any atom is 0.232 e. The topological polar surface area (TPSA) is 77.2 Å². The van der Waals surface area contributed by atoms with Gasteiger partial charge in [-0.2, -0.15) is 4.39 Å². The lowest BCUT2D eigenvalue weighted by Gasteiger charge is -2.41. The molecular formula is C17H19ClFN5OS. The molecule has 26 heavy (non-hydrogen) atoms. The van der Waals surface area contributed by atoms with Crippen molar-refractivity contribution in [3.8, 4) is 0 Å². The molecule has 0 aromatic carbocycles. The zero-order valence-electron chi connectivity index (χ0n) is 14.1. The average Bonchev–Trinajstić information content (AvgIpc) is 3.00. The first-order valence-electron chi connectivity index (χ1n) is 8.46. The Kier molecular flexibility index (Phi) is 5.00. The van der Waals surface area contributed by atoms with Gasteiger partial charge in [0.25, 0.3) is 0 Å². The maximum atomic E-state index is 13.4. The summed E-state index contributed by atoms with van der Waals surface area (Å²) < 4.78 is 19.0. The van der Waals surface area contributed by atoms with Crippen molar-refractivity contribution in [1.82, 2.24) is 15.0 Å². The molecule has 0 radical (unpaired) electrons. The molecule has 2 aromatic rings. The van der Waals surface area contributed by atoms with Gasteiger partial charge in [0.2, 0.25) is 5.95 Å². The van der Waals surface area contributed by atoms with Gasteiger partial charge in [-0.05, 0) is 18.9 Å². The van der Waals surface area contributed by atoms with Gasteiger partial charge in [-0.25, -0.2) is 15.0 Å². The fraction of sp³-hybridized carbons (Fsp3) is 0.471. The fourth-order valence-electron chi connectivity index (χ4n) is 3.49. The van der Waals surface area contributed by atoms with E-state index in [1.54, 1.807) is 18.5 Å². The molecule has 0 bridgehead atoms. The van der Waals surface area contributed by atoms with Crippen LogP contribution in [0.25, 0.3) is 0 Å². The number of piperidine rings is 1. The Morgan fingerprint density at radius 2 is 2.08 bits per heavy atom. The lowest BCUT2D eigenvalue weighted by molar-refractivity contribution is 0.131. The van der Waals surface area contributed by atoms with Crippen LogP contribution in [0.15, 0.2) is 34.6 Å². The van der Waals surface area contributed by atoms with Crippen molar-refractivity contribution in [2.75, 3.05) is 31.2 Å². The molecule has 1 spiro atoms. The summed E-state index contributed by atoms with van der Waals surface area (Å²) in [5, 5.41) is 0.653. The van der Waals surface area contributed by atoms with E-state index in [-0.39, 0.29) is 16.5 Å². The van der Waals surface area contributed by atoms with Crippen molar-refractivity contribution in [3.05, 3.63) is 35.6 Å². The van der Waals surface area contributed by atoms with Crippen LogP contribution in [0.2, 0.25) is 5.02 Å². The van der Waals surface area contributed by atoms with Gasteiger partial charge in [0, 0.05) is 35.6 Å². The highest BCUT2D eigenvalue weighted by Crippen LogP contribution is 2.39. The highest BCUT2D eigenvalue weighted by molar-refractivity contribution is 7.99. The molecular weight excluding hydrogens is 377 g/mol. The van der Waals surface area contributed by atoms with E-state index in [1.807, 2.05) is 0 Å². The molecule has 2 aromatic heterocycles. The van der Waals surface area contributed by atoms with Crippen LogP contribution >= 0.6 is 23.4 Å². The highest BCUT2D eigenvalue weighted by Gasteiger charge is 2.44. The summed E-state index contributed by atoms with van der Waals surface area (Å²) in [6, 6.07) is 1.78. The van der Waals surface area contributed by atoms with Gasteiger partial charge in [-0.3, -0.25) is 0 Å². The second kappa shape index (κ2) is 7.26. The molecule has 0 aliphatic carbocycles. The van der Waals surface area contributed by atoms with Crippen molar-refractivity contribution >= 4 is 29.2 Å². The summed E-state index contributed by atoms with van der Waals surface area (Å²) in [4.78, 5) is 15.2. The van der Waals surface area contributed by atoms with E-state index in [4.69, 9.17) is 22.1 Å². The third-order valence-electron chi connectivity index (χ3n) is 5.20. The number of pyridine rings is 1. The molecule has 0 unspecified atom stereocenters. The minimum absolute atomic E-state index is 0.000161. The highest BCUT2D eigenvalue weighted by atomic mass is 35.5. The lowest BCUT2D eigenvalue weighted by Crippen LogP contribution is -2.49. The van der Waals surface area contributed by atoms with Crippen molar-refractivity contribution in [3.63, 3.8) is 0 Å². The van der Waals surface area contributed by atoms with Gasteiger partial charge in [0.05, 0.1) is 25.6 Å². The molecule has 1 atom stereocenters. The Morgan fingerprint density at radius 3 is 2.73 bits per heavy atom. The largest absolute Gasteiger partial charge is 0.379 e. The van der Waals surface area contributed by atoms with E-state index in [2.05, 4.69) is 19.9 Å². The molecule has 9 heteroatoms. The van der Waals surface area contributed by atoms with Crippen molar-refractivity contribution in [2.24, 2.45) is 11.1 Å². The van der Waals surface area contributed by atoms with Crippen LogP contribution in [0, 0.1) is 11.4 Å². The Labute approximate surface area is 160 Å².